The molecule has 4 heteroatoms. The van der Waals surface area contributed by atoms with Crippen molar-refractivity contribution < 1.29 is 4.79 Å². The number of amides is 1. The predicted molar refractivity (Wildman–Crippen MR) is 57.4 cm³/mol. The first-order valence-corrected chi connectivity index (χ1v) is 5.26. The van der Waals surface area contributed by atoms with Crippen LogP contribution in [0.25, 0.3) is 0 Å². The van der Waals surface area contributed by atoms with Crippen LogP contribution in [0.1, 0.15) is 12.0 Å². The second-order valence-corrected chi connectivity index (χ2v) is 3.71. The van der Waals surface area contributed by atoms with Crippen LogP contribution in [0.4, 0.5) is 0 Å². The van der Waals surface area contributed by atoms with E-state index in [9.17, 15) is 4.79 Å². The quantitative estimate of drug-likeness (QED) is 0.720. The van der Waals surface area contributed by atoms with E-state index >= 15 is 0 Å². The Morgan fingerprint density at radius 2 is 2.13 bits per heavy atom. The van der Waals surface area contributed by atoms with E-state index in [1.807, 2.05) is 12.1 Å². The molecule has 80 valence electrons. The molecule has 4 nitrogen and oxygen atoms in total. The highest BCUT2D eigenvalue weighted by Gasteiger charge is 2.19. The Labute approximate surface area is 89.1 Å². The number of hydrogen-bond donors (Lipinski definition) is 2. The molecule has 1 aromatic rings. The maximum atomic E-state index is 11.6. The first kappa shape index (κ1) is 10.1. The molecule has 1 aliphatic heterocycles. The molecule has 2 rings (SSSR count). The van der Waals surface area contributed by atoms with Crippen molar-refractivity contribution in [3.8, 4) is 0 Å². The Bertz CT molecular complexity index is 326. The largest absolute Gasteiger partial charge is 0.355 e. The Hall–Kier alpha value is -1.42. The predicted octanol–water partition coefficient (Wildman–Crippen LogP) is 0.102. The average Bonchev–Trinajstić information content (AvgIpc) is 2.46. The molecular weight excluding hydrogens is 190 g/mol. The summed E-state index contributed by atoms with van der Waals surface area (Å²) in [5.41, 5.74) is 1.14. The summed E-state index contributed by atoms with van der Waals surface area (Å²) >= 11 is 0. The van der Waals surface area contributed by atoms with Crippen LogP contribution in [0.2, 0.25) is 0 Å². The fourth-order valence-electron chi connectivity index (χ4n) is 1.71. The second-order valence-electron chi connectivity index (χ2n) is 3.71. The van der Waals surface area contributed by atoms with Crippen LogP contribution in [0.5, 0.6) is 0 Å². The van der Waals surface area contributed by atoms with Gasteiger partial charge in [0.15, 0.2) is 0 Å². The summed E-state index contributed by atoms with van der Waals surface area (Å²) in [6.45, 7) is 1.67. The number of pyridine rings is 1. The Balaban J connectivity index is 2.01. The van der Waals surface area contributed by atoms with Gasteiger partial charge in [0, 0.05) is 18.9 Å². The lowest BCUT2D eigenvalue weighted by atomic mass is 10.1. The fraction of sp³-hybridized carbons (Fsp3) is 0.455. The van der Waals surface area contributed by atoms with E-state index in [1.54, 1.807) is 12.4 Å². The molecule has 2 N–H and O–H groups in total. The topological polar surface area (TPSA) is 54.0 Å². The van der Waals surface area contributed by atoms with Gasteiger partial charge in [0.2, 0.25) is 5.91 Å². The number of carbonyl (C=O) groups excluding carboxylic acids is 1. The van der Waals surface area contributed by atoms with Gasteiger partial charge in [-0.25, -0.2) is 0 Å². The molecular formula is C11H15N3O. The van der Waals surface area contributed by atoms with Crippen LogP contribution in [0, 0.1) is 0 Å². The van der Waals surface area contributed by atoms with Crippen molar-refractivity contribution in [3.05, 3.63) is 30.1 Å². The molecule has 1 fully saturated rings. The lowest BCUT2D eigenvalue weighted by Gasteiger charge is -2.13. The van der Waals surface area contributed by atoms with E-state index in [2.05, 4.69) is 15.6 Å². The van der Waals surface area contributed by atoms with E-state index in [1.165, 1.54) is 0 Å². The number of nitrogens with zero attached hydrogens (tertiary/aromatic N) is 1. The normalized spacial score (nSPS) is 21.9. The molecule has 2 heterocycles. The van der Waals surface area contributed by atoms with Gasteiger partial charge < -0.3 is 10.6 Å². The summed E-state index contributed by atoms with van der Waals surface area (Å²) in [6, 6.07) is 3.79. The van der Waals surface area contributed by atoms with Gasteiger partial charge >= 0.3 is 0 Å². The van der Waals surface area contributed by atoms with Gasteiger partial charge in [0.1, 0.15) is 0 Å². The zero-order valence-electron chi connectivity index (χ0n) is 8.57. The first-order chi connectivity index (χ1) is 7.36. The van der Waals surface area contributed by atoms with Crippen LogP contribution in [0.15, 0.2) is 24.5 Å². The fourth-order valence-corrected chi connectivity index (χ4v) is 1.71. The van der Waals surface area contributed by atoms with E-state index in [0.29, 0.717) is 0 Å². The summed E-state index contributed by atoms with van der Waals surface area (Å²) in [6.07, 6.45) is 5.24. The van der Waals surface area contributed by atoms with Gasteiger partial charge in [0.05, 0.1) is 6.04 Å². The number of hydrogen-bond acceptors (Lipinski definition) is 3. The Morgan fingerprint density at radius 1 is 1.33 bits per heavy atom. The van der Waals surface area contributed by atoms with Crippen molar-refractivity contribution in [1.82, 2.24) is 15.6 Å². The molecule has 1 unspecified atom stereocenters. The Kier molecular flexibility index (Phi) is 3.29. The van der Waals surface area contributed by atoms with Gasteiger partial charge in [-0.15, -0.1) is 0 Å². The third-order valence-corrected chi connectivity index (χ3v) is 2.55. The summed E-state index contributed by atoms with van der Waals surface area (Å²) in [4.78, 5) is 15.6. The molecule has 0 radical (unpaired) electrons. The average molecular weight is 205 g/mol. The van der Waals surface area contributed by atoms with Crippen molar-refractivity contribution in [2.24, 2.45) is 0 Å². The number of rotatable bonds is 2. The summed E-state index contributed by atoms with van der Waals surface area (Å²) < 4.78 is 0. The molecule has 1 saturated heterocycles. The monoisotopic (exact) mass is 205 g/mol. The van der Waals surface area contributed by atoms with Gasteiger partial charge in [0.25, 0.3) is 0 Å². The summed E-state index contributed by atoms with van der Waals surface area (Å²) in [7, 11) is 0. The van der Waals surface area contributed by atoms with E-state index in [4.69, 9.17) is 0 Å². The molecule has 1 amide bonds. The highest BCUT2D eigenvalue weighted by atomic mass is 16.2. The summed E-state index contributed by atoms with van der Waals surface area (Å²) in [5.74, 6) is 0.101. The first-order valence-electron chi connectivity index (χ1n) is 5.26. The molecule has 0 saturated carbocycles. The minimum absolute atomic E-state index is 0.101. The van der Waals surface area contributed by atoms with Gasteiger partial charge in [-0.05, 0) is 37.1 Å². The molecule has 1 aliphatic rings. The Morgan fingerprint density at radius 3 is 2.93 bits per heavy atom. The van der Waals surface area contributed by atoms with Crippen LogP contribution >= 0.6 is 0 Å². The van der Waals surface area contributed by atoms with Crippen molar-refractivity contribution in [2.45, 2.75) is 18.9 Å². The zero-order valence-corrected chi connectivity index (χ0v) is 8.57. The van der Waals surface area contributed by atoms with Gasteiger partial charge in [-0.2, -0.15) is 0 Å². The lowest BCUT2D eigenvalue weighted by Crippen LogP contribution is -2.42. The smallest absolute Gasteiger partial charge is 0.237 e. The van der Waals surface area contributed by atoms with Crippen molar-refractivity contribution >= 4 is 5.91 Å². The van der Waals surface area contributed by atoms with E-state index in [0.717, 1.165) is 31.5 Å². The maximum absolute atomic E-state index is 11.6. The SMILES string of the molecule is O=C1NCCCNC1Cc1ccncc1. The number of carbonyl (C=O) groups is 1. The van der Waals surface area contributed by atoms with Crippen LogP contribution in [-0.4, -0.2) is 30.0 Å². The summed E-state index contributed by atoms with van der Waals surface area (Å²) in [5, 5.41) is 6.15. The number of aromatic nitrogens is 1. The molecule has 0 aliphatic carbocycles. The highest BCUT2D eigenvalue weighted by molar-refractivity contribution is 5.82. The molecule has 0 aromatic carbocycles. The number of nitrogens with one attached hydrogen (secondary N) is 2. The molecule has 0 spiro atoms. The van der Waals surface area contributed by atoms with Crippen LogP contribution < -0.4 is 10.6 Å². The molecule has 0 bridgehead atoms. The third kappa shape index (κ3) is 2.76. The highest BCUT2D eigenvalue weighted by Crippen LogP contribution is 2.03. The van der Waals surface area contributed by atoms with Crippen LogP contribution in [-0.2, 0) is 11.2 Å². The molecule has 1 atom stereocenters. The zero-order chi connectivity index (χ0) is 10.5. The van der Waals surface area contributed by atoms with Gasteiger partial charge in [-0.3, -0.25) is 9.78 Å². The van der Waals surface area contributed by atoms with Crippen molar-refractivity contribution in [2.75, 3.05) is 13.1 Å². The van der Waals surface area contributed by atoms with Gasteiger partial charge in [-0.1, -0.05) is 0 Å². The van der Waals surface area contributed by atoms with Crippen molar-refractivity contribution in [1.29, 1.82) is 0 Å². The maximum Gasteiger partial charge on any atom is 0.237 e. The molecule has 15 heavy (non-hydrogen) atoms. The third-order valence-electron chi connectivity index (χ3n) is 2.55. The minimum atomic E-state index is -0.102. The standard InChI is InChI=1S/C11H15N3O/c15-11-10(13-4-1-5-14-11)8-9-2-6-12-7-3-9/h2-3,6-7,10,13H,1,4-5,8H2,(H,14,15). The van der Waals surface area contributed by atoms with Crippen LogP contribution in [0.3, 0.4) is 0 Å². The lowest BCUT2D eigenvalue weighted by molar-refractivity contribution is -0.122. The van der Waals surface area contributed by atoms with E-state index in [-0.39, 0.29) is 11.9 Å². The van der Waals surface area contributed by atoms with Crippen molar-refractivity contribution in [3.63, 3.8) is 0 Å². The minimum Gasteiger partial charge on any atom is -0.355 e. The second kappa shape index (κ2) is 4.89. The van der Waals surface area contributed by atoms with E-state index < -0.39 is 0 Å². The molecule has 1 aromatic heterocycles.